The number of hydrogen-bond acceptors (Lipinski definition) is 2. The molecule has 0 aliphatic heterocycles. The molecule has 25 heavy (non-hydrogen) atoms. The Morgan fingerprint density at radius 2 is 1.80 bits per heavy atom. The molecule has 4 rings (SSSR count). The Labute approximate surface area is 148 Å². The van der Waals surface area contributed by atoms with Gasteiger partial charge in [0.05, 0.1) is 4.90 Å². The molecule has 4 nitrogen and oxygen atoms in total. The van der Waals surface area contributed by atoms with E-state index in [1.54, 1.807) is 6.07 Å². The Bertz CT molecular complexity index is 1020. The lowest BCUT2D eigenvalue weighted by atomic mass is 9.96. The van der Waals surface area contributed by atoms with Gasteiger partial charge in [0, 0.05) is 23.1 Å². The van der Waals surface area contributed by atoms with Gasteiger partial charge >= 0.3 is 0 Å². The lowest BCUT2D eigenvalue weighted by molar-refractivity contribution is 0.581. The maximum atomic E-state index is 12.7. The molecule has 0 fully saturated rings. The van der Waals surface area contributed by atoms with Crippen LogP contribution in [0.5, 0.6) is 0 Å². The second kappa shape index (κ2) is 6.32. The van der Waals surface area contributed by atoms with Crippen LogP contribution in [0.1, 0.15) is 35.2 Å². The van der Waals surface area contributed by atoms with E-state index in [9.17, 15) is 8.42 Å². The smallest absolute Gasteiger partial charge is 0.240 e. The molecule has 130 valence electrons. The van der Waals surface area contributed by atoms with Crippen molar-refractivity contribution in [3.05, 3.63) is 64.8 Å². The average molecular weight is 354 g/mol. The third-order valence-electron chi connectivity index (χ3n) is 4.97. The number of hydrogen-bond donors (Lipinski definition) is 2. The highest BCUT2D eigenvalue weighted by Crippen LogP contribution is 2.30. The third-order valence-corrected chi connectivity index (χ3v) is 6.37. The van der Waals surface area contributed by atoms with Crippen LogP contribution in [0, 0.1) is 6.92 Å². The second-order valence-corrected chi connectivity index (χ2v) is 8.57. The van der Waals surface area contributed by atoms with E-state index in [4.69, 9.17) is 0 Å². The molecule has 0 saturated heterocycles. The number of aryl methyl sites for hydroxylation is 3. The van der Waals surface area contributed by atoms with Crippen molar-refractivity contribution in [3.63, 3.8) is 0 Å². The summed E-state index contributed by atoms with van der Waals surface area (Å²) in [6.45, 7) is 2.31. The van der Waals surface area contributed by atoms with Crippen LogP contribution in [-0.4, -0.2) is 13.4 Å². The second-order valence-electron chi connectivity index (χ2n) is 6.81. The topological polar surface area (TPSA) is 62.0 Å². The fourth-order valence-corrected chi connectivity index (χ4v) is 4.56. The number of sulfonamides is 1. The van der Waals surface area contributed by atoms with Gasteiger partial charge in [0.25, 0.3) is 0 Å². The van der Waals surface area contributed by atoms with Crippen LogP contribution < -0.4 is 4.72 Å². The SMILES string of the molecule is Cc1ccc(CNS(=O)(=O)c2ccc3[nH]c4c(c3c2)CCCC4)cc1. The number of rotatable bonds is 4. The molecular weight excluding hydrogens is 332 g/mol. The molecule has 0 unspecified atom stereocenters. The van der Waals surface area contributed by atoms with E-state index < -0.39 is 10.0 Å². The first-order valence-corrected chi connectivity index (χ1v) is 10.2. The number of H-pyrrole nitrogens is 1. The van der Waals surface area contributed by atoms with E-state index in [1.807, 2.05) is 43.3 Å². The van der Waals surface area contributed by atoms with Gasteiger partial charge in [0.1, 0.15) is 0 Å². The lowest BCUT2D eigenvalue weighted by Gasteiger charge is -2.11. The van der Waals surface area contributed by atoms with E-state index >= 15 is 0 Å². The van der Waals surface area contributed by atoms with Gasteiger partial charge in [-0.05, 0) is 61.9 Å². The number of fused-ring (bicyclic) bond motifs is 3. The van der Waals surface area contributed by atoms with Gasteiger partial charge in [-0.25, -0.2) is 13.1 Å². The Balaban J connectivity index is 1.62. The first kappa shape index (κ1) is 16.4. The highest BCUT2D eigenvalue weighted by atomic mass is 32.2. The average Bonchev–Trinajstić information content (AvgIpc) is 2.99. The molecule has 2 N–H and O–H groups in total. The van der Waals surface area contributed by atoms with E-state index in [-0.39, 0.29) is 0 Å². The number of benzene rings is 2. The van der Waals surface area contributed by atoms with Gasteiger partial charge in [-0.15, -0.1) is 0 Å². The Morgan fingerprint density at radius 1 is 1.04 bits per heavy atom. The first-order chi connectivity index (χ1) is 12.0. The minimum Gasteiger partial charge on any atom is -0.358 e. The van der Waals surface area contributed by atoms with Gasteiger partial charge in [-0.3, -0.25) is 0 Å². The maximum absolute atomic E-state index is 12.7. The summed E-state index contributed by atoms with van der Waals surface area (Å²) in [5.74, 6) is 0. The van der Waals surface area contributed by atoms with Crippen molar-refractivity contribution < 1.29 is 8.42 Å². The third kappa shape index (κ3) is 3.22. The Morgan fingerprint density at radius 3 is 2.60 bits per heavy atom. The molecule has 0 amide bonds. The van der Waals surface area contributed by atoms with E-state index in [0.717, 1.165) is 34.9 Å². The van der Waals surface area contributed by atoms with Crippen LogP contribution in [0.2, 0.25) is 0 Å². The van der Waals surface area contributed by atoms with Crippen molar-refractivity contribution in [2.24, 2.45) is 0 Å². The van der Waals surface area contributed by atoms with Gasteiger partial charge < -0.3 is 4.98 Å². The zero-order valence-electron chi connectivity index (χ0n) is 14.3. The molecule has 1 aliphatic rings. The zero-order valence-corrected chi connectivity index (χ0v) is 15.1. The molecule has 0 bridgehead atoms. The zero-order chi connectivity index (χ0) is 17.4. The summed E-state index contributed by atoms with van der Waals surface area (Å²) in [5, 5.41) is 1.05. The van der Waals surface area contributed by atoms with Crippen LogP contribution in [0.25, 0.3) is 10.9 Å². The molecule has 0 saturated carbocycles. The van der Waals surface area contributed by atoms with Crippen molar-refractivity contribution in [1.29, 1.82) is 0 Å². The molecular formula is C20H22N2O2S. The van der Waals surface area contributed by atoms with Crippen LogP contribution in [0.3, 0.4) is 0 Å². The van der Waals surface area contributed by atoms with Crippen LogP contribution in [-0.2, 0) is 29.4 Å². The molecule has 0 radical (unpaired) electrons. The molecule has 1 aliphatic carbocycles. The van der Waals surface area contributed by atoms with Crippen molar-refractivity contribution in [2.75, 3.05) is 0 Å². The monoisotopic (exact) mass is 354 g/mol. The van der Waals surface area contributed by atoms with Gasteiger partial charge in [0.2, 0.25) is 10.0 Å². The predicted molar refractivity (Wildman–Crippen MR) is 100 cm³/mol. The molecule has 2 aromatic carbocycles. The summed E-state index contributed by atoms with van der Waals surface area (Å²) in [6.07, 6.45) is 4.44. The Hall–Kier alpha value is -2.11. The van der Waals surface area contributed by atoms with Crippen molar-refractivity contribution in [3.8, 4) is 0 Å². The molecule has 0 spiro atoms. The van der Waals surface area contributed by atoms with E-state index in [1.165, 1.54) is 24.1 Å². The van der Waals surface area contributed by atoms with Crippen molar-refractivity contribution in [2.45, 2.75) is 44.0 Å². The van der Waals surface area contributed by atoms with Crippen LogP contribution in [0.15, 0.2) is 47.4 Å². The summed E-state index contributed by atoms with van der Waals surface area (Å²) in [7, 11) is -3.53. The Kier molecular flexibility index (Phi) is 4.13. The number of aromatic amines is 1. The largest absolute Gasteiger partial charge is 0.358 e. The standard InChI is InChI=1S/C20H22N2O2S/c1-14-6-8-15(9-7-14)13-21-25(23,24)16-10-11-20-18(12-16)17-4-2-3-5-19(17)22-20/h6-12,21-22H,2-5,13H2,1H3. The lowest BCUT2D eigenvalue weighted by Crippen LogP contribution is -2.23. The minimum atomic E-state index is -3.53. The van der Waals surface area contributed by atoms with Crippen molar-refractivity contribution in [1.82, 2.24) is 9.71 Å². The number of aromatic nitrogens is 1. The van der Waals surface area contributed by atoms with Gasteiger partial charge in [0.15, 0.2) is 0 Å². The summed E-state index contributed by atoms with van der Waals surface area (Å²) in [6, 6.07) is 13.3. The van der Waals surface area contributed by atoms with Crippen molar-refractivity contribution >= 4 is 20.9 Å². The van der Waals surface area contributed by atoms with E-state index in [0.29, 0.717) is 11.4 Å². The van der Waals surface area contributed by atoms with E-state index in [2.05, 4.69) is 9.71 Å². The van der Waals surface area contributed by atoms with Crippen LogP contribution >= 0.6 is 0 Å². The predicted octanol–water partition coefficient (Wildman–Crippen LogP) is 3.83. The summed E-state index contributed by atoms with van der Waals surface area (Å²) < 4.78 is 28.1. The maximum Gasteiger partial charge on any atom is 0.240 e. The fourth-order valence-electron chi connectivity index (χ4n) is 3.52. The highest BCUT2D eigenvalue weighted by Gasteiger charge is 2.19. The first-order valence-electron chi connectivity index (χ1n) is 8.72. The van der Waals surface area contributed by atoms with Gasteiger partial charge in [-0.1, -0.05) is 29.8 Å². The van der Waals surface area contributed by atoms with Crippen LogP contribution in [0.4, 0.5) is 0 Å². The molecule has 5 heteroatoms. The van der Waals surface area contributed by atoms with Gasteiger partial charge in [-0.2, -0.15) is 0 Å². The fraction of sp³-hybridized carbons (Fsp3) is 0.300. The normalized spacial score (nSPS) is 14.6. The summed E-state index contributed by atoms with van der Waals surface area (Å²) in [4.78, 5) is 3.78. The molecule has 1 aromatic heterocycles. The molecule has 3 aromatic rings. The molecule has 0 atom stereocenters. The number of nitrogens with one attached hydrogen (secondary N) is 2. The summed E-state index contributed by atoms with van der Waals surface area (Å²) in [5.41, 5.74) is 5.70. The molecule has 1 heterocycles. The highest BCUT2D eigenvalue weighted by molar-refractivity contribution is 7.89. The quantitative estimate of drug-likeness (QED) is 0.748. The summed E-state index contributed by atoms with van der Waals surface area (Å²) >= 11 is 0. The minimum absolute atomic E-state index is 0.298.